The minimum absolute atomic E-state index is 0.0599. The van der Waals surface area contributed by atoms with Crippen LogP contribution in [-0.4, -0.2) is 29.0 Å². The second kappa shape index (κ2) is 6.62. The normalized spacial score (nSPS) is 25.4. The fourth-order valence-corrected chi connectivity index (χ4v) is 3.21. The van der Waals surface area contributed by atoms with Gasteiger partial charge in [0.2, 0.25) is 5.91 Å². The van der Waals surface area contributed by atoms with Crippen LogP contribution >= 0.6 is 0 Å². The van der Waals surface area contributed by atoms with Crippen molar-refractivity contribution in [1.82, 2.24) is 21.2 Å². The number of fused-ring (bicyclic) bond motifs is 1. The minimum atomic E-state index is -0.545. The molecule has 0 aliphatic carbocycles. The molecular weight excluding hydrogens is 290 g/mol. The van der Waals surface area contributed by atoms with Crippen molar-refractivity contribution in [3.63, 3.8) is 0 Å². The maximum Gasteiger partial charge on any atom is 0.237 e. The van der Waals surface area contributed by atoms with E-state index in [1.807, 2.05) is 44.2 Å². The fraction of sp³-hybridized carbons (Fsp3) is 0.412. The Bertz CT molecular complexity index is 694. The first-order valence-corrected chi connectivity index (χ1v) is 7.94. The molecule has 1 fully saturated rings. The molecule has 5 N–H and O–H groups in total. The summed E-state index contributed by atoms with van der Waals surface area (Å²) in [6, 6.07) is 9.73. The van der Waals surface area contributed by atoms with Gasteiger partial charge in [-0.05, 0) is 31.5 Å². The molecule has 6 nitrogen and oxygen atoms in total. The number of hydrogen-bond acceptors (Lipinski definition) is 5. The lowest BCUT2D eigenvalue weighted by Crippen LogP contribution is -2.50. The van der Waals surface area contributed by atoms with Gasteiger partial charge in [0.1, 0.15) is 0 Å². The number of nitrogens with zero attached hydrogens (tertiary/aromatic N) is 1. The lowest BCUT2D eigenvalue weighted by atomic mass is 9.88. The van der Waals surface area contributed by atoms with Crippen molar-refractivity contribution < 1.29 is 4.79 Å². The molecule has 1 aliphatic rings. The van der Waals surface area contributed by atoms with E-state index in [2.05, 4.69) is 21.2 Å². The van der Waals surface area contributed by atoms with E-state index < -0.39 is 6.04 Å². The Morgan fingerprint density at radius 3 is 2.74 bits per heavy atom. The van der Waals surface area contributed by atoms with Crippen LogP contribution in [0.1, 0.15) is 19.4 Å². The quantitative estimate of drug-likeness (QED) is 0.666. The zero-order valence-electron chi connectivity index (χ0n) is 13.4. The van der Waals surface area contributed by atoms with Crippen molar-refractivity contribution >= 4 is 16.8 Å². The first kappa shape index (κ1) is 15.9. The Hall–Kier alpha value is -2.02. The number of aromatic nitrogens is 1. The summed E-state index contributed by atoms with van der Waals surface area (Å²) in [7, 11) is 0. The topological polar surface area (TPSA) is 92.1 Å². The third-order valence-electron chi connectivity index (χ3n) is 4.52. The van der Waals surface area contributed by atoms with Gasteiger partial charge in [-0.3, -0.25) is 20.6 Å². The highest BCUT2D eigenvalue weighted by Crippen LogP contribution is 2.18. The molecule has 2 aromatic rings. The Morgan fingerprint density at radius 2 is 2.00 bits per heavy atom. The number of para-hydroxylation sites is 1. The molecule has 0 radical (unpaired) electrons. The van der Waals surface area contributed by atoms with Gasteiger partial charge < -0.3 is 11.1 Å². The summed E-state index contributed by atoms with van der Waals surface area (Å²) in [5.74, 6) is -0.0721. The summed E-state index contributed by atoms with van der Waals surface area (Å²) in [5, 5.41) is 3.99. The number of nitrogens with one attached hydrogen (secondary N) is 3. The highest BCUT2D eigenvalue weighted by Gasteiger charge is 2.37. The van der Waals surface area contributed by atoms with Crippen LogP contribution in [0.3, 0.4) is 0 Å². The van der Waals surface area contributed by atoms with E-state index in [4.69, 9.17) is 5.73 Å². The van der Waals surface area contributed by atoms with Crippen LogP contribution in [0.5, 0.6) is 0 Å². The number of carbonyl (C=O) groups is 1. The zero-order valence-corrected chi connectivity index (χ0v) is 13.4. The van der Waals surface area contributed by atoms with Crippen LogP contribution in [0.25, 0.3) is 10.9 Å². The third-order valence-corrected chi connectivity index (χ3v) is 4.52. The van der Waals surface area contributed by atoms with Crippen molar-refractivity contribution in [1.29, 1.82) is 0 Å². The van der Waals surface area contributed by atoms with Gasteiger partial charge in [-0.25, -0.2) is 0 Å². The summed E-state index contributed by atoms with van der Waals surface area (Å²) in [6.45, 7) is 4.49. The molecule has 1 saturated heterocycles. The molecule has 1 amide bonds. The molecule has 122 valence electrons. The number of pyridine rings is 1. The summed E-state index contributed by atoms with van der Waals surface area (Å²) in [4.78, 5) is 16.7. The summed E-state index contributed by atoms with van der Waals surface area (Å²) in [6.07, 6.45) is 1.79. The molecule has 6 heteroatoms. The molecule has 3 unspecified atom stereocenters. The van der Waals surface area contributed by atoms with Gasteiger partial charge in [-0.2, -0.15) is 0 Å². The minimum Gasteiger partial charge on any atom is -0.351 e. The van der Waals surface area contributed by atoms with Crippen molar-refractivity contribution in [2.75, 3.05) is 0 Å². The predicted octanol–water partition coefficient (Wildman–Crippen LogP) is 0.679. The molecule has 1 aliphatic heterocycles. The van der Waals surface area contributed by atoms with Crippen LogP contribution in [0, 0.1) is 5.92 Å². The monoisotopic (exact) mass is 313 g/mol. The van der Waals surface area contributed by atoms with Crippen molar-refractivity contribution in [3.8, 4) is 0 Å². The summed E-state index contributed by atoms with van der Waals surface area (Å²) >= 11 is 0. The molecule has 0 spiro atoms. The number of hydrogen-bond donors (Lipinski definition) is 4. The number of amides is 1. The van der Waals surface area contributed by atoms with Crippen LogP contribution in [0.4, 0.5) is 0 Å². The zero-order chi connectivity index (χ0) is 16.4. The van der Waals surface area contributed by atoms with Crippen molar-refractivity contribution in [2.24, 2.45) is 11.7 Å². The summed E-state index contributed by atoms with van der Waals surface area (Å²) in [5.41, 5.74) is 14.3. The number of benzene rings is 1. The van der Waals surface area contributed by atoms with Crippen molar-refractivity contribution in [2.45, 2.75) is 38.5 Å². The van der Waals surface area contributed by atoms with Gasteiger partial charge in [-0.15, -0.1) is 0 Å². The number of hydrazine groups is 1. The first-order valence-electron chi connectivity index (χ1n) is 7.94. The van der Waals surface area contributed by atoms with E-state index in [1.165, 1.54) is 0 Å². The Labute approximate surface area is 135 Å². The van der Waals surface area contributed by atoms with Crippen LogP contribution in [-0.2, 0) is 11.3 Å². The molecule has 23 heavy (non-hydrogen) atoms. The molecule has 1 aromatic carbocycles. The van der Waals surface area contributed by atoms with E-state index in [0.717, 1.165) is 16.5 Å². The Kier molecular flexibility index (Phi) is 4.56. The first-order chi connectivity index (χ1) is 11.1. The van der Waals surface area contributed by atoms with Gasteiger partial charge in [0, 0.05) is 36.1 Å². The van der Waals surface area contributed by atoms with Crippen molar-refractivity contribution in [3.05, 3.63) is 42.1 Å². The standard InChI is InChI=1S/C17H23N5O/c1-10-15(11(2)22-21-10)16(18)17(23)20-9-12-7-13-5-3-4-6-14(13)19-8-12/h3-8,10-11,15-16,21-22H,9,18H2,1-2H3,(H,20,23). The molecule has 3 rings (SSSR count). The van der Waals surface area contributed by atoms with E-state index in [-0.39, 0.29) is 23.9 Å². The molecule has 1 aromatic heterocycles. The SMILES string of the molecule is CC1NNC(C)C1C(N)C(=O)NCc1cnc2ccccc2c1. The summed E-state index contributed by atoms with van der Waals surface area (Å²) < 4.78 is 0. The van der Waals surface area contributed by atoms with E-state index >= 15 is 0 Å². The average molecular weight is 313 g/mol. The van der Waals surface area contributed by atoms with Crippen LogP contribution < -0.4 is 21.9 Å². The molecular formula is C17H23N5O. The number of nitrogens with two attached hydrogens (primary N) is 1. The fourth-order valence-electron chi connectivity index (χ4n) is 3.21. The smallest absolute Gasteiger partial charge is 0.237 e. The van der Waals surface area contributed by atoms with E-state index in [9.17, 15) is 4.79 Å². The van der Waals surface area contributed by atoms with Gasteiger partial charge in [0.15, 0.2) is 0 Å². The van der Waals surface area contributed by atoms with Gasteiger partial charge >= 0.3 is 0 Å². The van der Waals surface area contributed by atoms with E-state index in [1.54, 1.807) is 6.20 Å². The molecule has 2 heterocycles. The highest BCUT2D eigenvalue weighted by molar-refractivity contribution is 5.82. The van der Waals surface area contributed by atoms with Gasteiger partial charge in [0.25, 0.3) is 0 Å². The van der Waals surface area contributed by atoms with E-state index in [0.29, 0.717) is 6.54 Å². The van der Waals surface area contributed by atoms with Gasteiger partial charge in [-0.1, -0.05) is 18.2 Å². The second-order valence-electron chi connectivity index (χ2n) is 6.22. The van der Waals surface area contributed by atoms with Crippen LogP contribution in [0.2, 0.25) is 0 Å². The number of carbonyl (C=O) groups excluding carboxylic acids is 1. The van der Waals surface area contributed by atoms with Gasteiger partial charge in [0.05, 0.1) is 11.6 Å². The van der Waals surface area contributed by atoms with Crippen LogP contribution in [0.15, 0.2) is 36.5 Å². The second-order valence-corrected chi connectivity index (χ2v) is 6.22. The third kappa shape index (κ3) is 3.34. The lowest BCUT2D eigenvalue weighted by molar-refractivity contribution is -0.123. The molecule has 0 saturated carbocycles. The predicted molar refractivity (Wildman–Crippen MR) is 90.3 cm³/mol. The largest absolute Gasteiger partial charge is 0.351 e. The maximum atomic E-state index is 12.3. The Balaban J connectivity index is 1.63. The molecule has 3 atom stereocenters. The Morgan fingerprint density at radius 1 is 1.30 bits per heavy atom. The average Bonchev–Trinajstić information content (AvgIpc) is 2.90. The highest BCUT2D eigenvalue weighted by atomic mass is 16.2. The molecule has 0 bridgehead atoms. The maximum absolute atomic E-state index is 12.3. The lowest BCUT2D eigenvalue weighted by Gasteiger charge is -2.24. The number of rotatable bonds is 4.